The van der Waals surface area contributed by atoms with Gasteiger partial charge in [0.05, 0.1) is 24.1 Å². The molecule has 160 valence electrons. The predicted molar refractivity (Wildman–Crippen MR) is 118 cm³/mol. The molecule has 0 aliphatic carbocycles. The number of sulfonamides is 1. The van der Waals surface area contributed by atoms with Gasteiger partial charge in [-0.15, -0.1) is 0 Å². The van der Waals surface area contributed by atoms with Crippen molar-refractivity contribution in [1.29, 1.82) is 0 Å². The summed E-state index contributed by atoms with van der Waals surface area (Å²) in [6.07, 6.45) is 1.98. The molecule has 0 saturated carbocycles. The normalized spacial score (nSPS) is 11.8. The minimum Gasteiger partial charge on any atom is -0.495 e. The van der Waals surface area contributed by atoms with E-state index in [-0.39, 0.29) is 17.2 Å². The molecular formula is C22H27N3O4S. The van der Waals surface area contributed by atoms with Gasteiger partial charge in [0.25, 0.3) is 0 Å². The van der Waals surface area contributed by atoms with Crippen LogP contribution in [0.3, 0.4) is 0 Å². The summed E-state index contributed by atoms with van der Waals surface area (Å²) in [5.41, 5.74) is 3.27. The van der Waals surface area contributed by atoms with Crippen LogP contribution in [0.1, 0.15) is 25.0 Å². The molecule has 0 radical (unpaired) electrons. The molecular weight excluding hydrogens is 402 g/mol. The van der Waals surface area contributed by atoms with Crippen LogP contribution in [0.5, 0.6) is 5.75 Å². The third-order valence-electron chi connectivity index (χ3n) is 5.14. The molecule has 0 unspecified atom stereocenters. The molecule has 0 saturated heterocycles. The lowest BCUT2D eigenvalue weighted by Gasteiger charge is -2.19. The van der Waals surface area contributed by atoms with E-state index in [9.17, 15) is 13.2 Å². The number of fused-ring (bicyclic) bond motifs is 1. The molecule has 0 aliphatic rings. The Balaban J connectivity index is 1.89. The van der Waals surface area contributed by atoms with Crippen LogP contribution in [-0.4, -0.2) is 43.8 Å². The molecule has 2 N–H and O–H groups in total. The van der Waals surface area contributed by atoms with E-state index in [0.29, 0.717) is 24.5 Å². The highest BCUT2D eigenvalue weighted by Crippen LogP contribution is 2.29. The number of rotatable bonds is 8. The van der Waals surface area contributed by atoms with Gasteiger partial charge < -0.3 is 15.0 Å². The molecule has 1 amide bonds. The standard InChI is InChI=1S/C22H27N3O4S/c1-5-25(6-2)30(27,28)17-10-11-20(29-4)19(13-17)24-21(26)12-16-14-23-18-9-7-8-15(3)22(16)18/h7-11,13-14,23H,5-6,12H2,1-4H3,(H,24,26). The summed E-state index contributed by atoms with van der Waals surface area (Å²) in [6, 6.07) is 10.4. The Hall–Kier alpha value is -2.84. The van der Waals surface area contributed by atoms with Crippen molar-refractivity contribution < 1.29 is 17.9 Å². The molecule has 3 aromatic rings. The first-order chi connectivity index (χ1) is 14.3. The summed E-state index contributed by atoms with van der Waals surface area (Å²) >= 11 is 0. The number of aryl methyl sites for hydroxylation is 1. The van der Waals surface area contributed by atoms with Gasteiger partial charge in [-0.2, -0.15) is 4.31 Å². The Kier molecular flexibility index (Phi) is 6.48. The lowest BCUT2D eigenvalue weighted by molar-refractivity contribution is -0.115. The van der Waals surface area contributed by atoms with Gasteiger partial charge in [-0.25, -0.2) is 8.42 Å². The third-order valence-corrected chi connectivity index (χ3v) is 7.18. The number of carbonyl (C=O) groups excluding carboxylic acids is 1. The fourth-order valence-corrected chi connectivity index (χ4v) is 5.10. The first-order valence-electron chi connectivity index (χ1n) is 9.85. The first-order valence-corrected chi connectivity index (χ1v) is 11.3. The fraction of sp³-hybridized carbons (Fsp3) is 0.318. The smallest absolute Gasteiger partial charge is 0.243 e. The summed E-state index contributed by atoms with van der Waals surface area (Å²) in [7, 11) is -2.17. The van der Waals surface area contributed by atoms with Gasteiger partial charge >= 0.3 is 0 Å². The van der Waals surface area contributed by atoms with Crippen molar-refractivity contribution in [3.05, 3.63) is 53.7 Å². The minimum absolute atomic E-state index is 0.116. The highest BCUT2D eigenvalue weighted by molar-refractivity contribution is 7.89. The molecule has 8 heteroatoms. The van der Waals surface area contributed by atoms with Crippen LogP contribution < -0.4 is 10.1 Å². The number of amides is 1. The summed E-state index contributed by atoms with van der Waals surface area (Å²) < 4.78 is 32.4. The van der Waals surface area contributed by atoms with Gasteiger partial charge in [-0.05, 0) is 42.3 Å². The number of methoxy groups -OCH3 is 1. The van der Waals surface area contributed by atoms with E-state index in [0.717, 1.165) is 22.0 Å². The van der Waals surface area contributed by atoms with Gasteiger partial charge in [0, 0.05) is 30.2 Å². The summed E-state index contributed by atoms with van der Waals surface area (Å²) in [4.78, 5) is 16.1. The molecule has 0 aliphatic heterocycles. The Morgan fingerprint density at radius 3 is 2.57 bits per heavy atom. The number of hydrogen-bond acceptors (Lipinski definition) is 4. The van der Waals surface area contributed by atoms with Gasteiger partial charge in [0.2, 0.25) is 15.9 Å². The average Bonchev–Trinajstić information content (AvgIpc) is 3.12. The molecule has 1 aromatic heterocycles. The number of aromatic amines is 1. The molecule has 0 atom stereocenters. The number of aromatic nitrogens is 1. The van der Waals surface area contributed by atoms with Gasteiger partial charge in [-0.1, -0.05) is 26.0 Å². The van der Waals surface area contributed by atoms with Crippen molar-refractivity contribution in [2.45, 2.75) is 32.1 Å². The summed E-state index contributed by atoms with van der Waals surface area (Å²) in [6.45, 7) is 6.31. The molecule has 30 heavy (non-hydrogen) atoms. The Morgan fingerprint density at radius 1 is 1.17 bits per heavy atom. The Labute approximate surface area is 177 Å². The van der Waals surface area contributed by atoms with Gasteiger partial charge in [0.15, 0.2) is 0 Å². The maximum atomic E-state index is 12.8. The van der Waals surface area contributed by atoms with E-state index in [1.54, 1.807) is 19.9 Å². The zero-order valence-electron chi connectivity index (χ0n) is 17.7. The second-order valence-electron chi connectivity index (χ2n) is 6.99. The molecule has 0 fully saturated rings. The van der Waals surface area contributed by atoms with Gasteiger partial charge in [-0.3, -0.25) is 4.79 Å². The zero-order chi connectivity index (χ0) is 21.9. The highest BCUT2D eigenvalue weighted by Gasteiger charge is 2.23. The van der Waals surface area contributed by atoms with E-state index >= 15 is 0 Å². The third kappa shape index (κ3) is 4.20. The molecule has 1 heterocycles. The lowest BCUT2D eigenvalue weighted by Crippen LogP contribution is -2.30. The van der Waals surface area contributed by atoms with Crippen LogP contribution in [0.15, 0.2) is 47.5 Å². The lowest BCUT2D eigenvalue weighted by atomic mass is 10.1. The zero-order valence-corrected chi connectivity index (χ0v) is 18.5. The van der Waals surface area contributed by atoms with Crippen molar-refractivity contribution in [2.24, 2.45) is 0 Å². The SMILES string of the molecule is CCN(CC)S(=O)(=O)c1ccc(OC)c(NC(=O)Cc2c[nH]c3cccc(C)c23)c1. The van der Waals surface area contributed by atoms with Crippen LogP contribution in [0.25, 0.3) is 10.9 Å². The monoisotopic (exact) mass is 429 g/mol. The molecule has 0 spiro atoms. The van der Waals surface area contributed by atoms with E-state index in [1.165, 1.54) is 23.5 Å². The van der Waals surface area contributed by atoms with Crippen molar-refractivity contribution in [2.75, 3.05) is 25.5 Å². The van der Waals surface area contributed by atoms with E-state index in [2.05, 4.69) is 10.3 Å². The molecule has 3 rings (SSSR count). The maximum Gasteiger partial charge on any atom is 0.243 e. The van der Waals surface area contributed by atoms with Crippen LogP contribution >= 0.6 is 0 Å². The molecule has 7 nitrogen and oxygen atoms in total. The number of carbonyl (C=O) groups is 1. The van der Waals surface area contributed by atoms with Gasteiger partial charge in [0.1, 0.15) is 5.75 Å². The summed E-state index contributed by atoms with van der Waals surface area (Å²) in [5.74, 6) is 0.145. The number of nitrogens with one attached hydrogen (secondary N) is 2. The minimum atomic E-state index is -3.65. The number of nitrogens with zero attached hydrogens (tertiary/aromatic N) is 1. The van der Waals surface area contributed by atoms with Crippen molar-refractivity contribution >= 4 is 32.5 Å². The molecule has 0 bridgehead atoms. The van der Waals surface area contributed by atoms with E-state index in [4.69, 9.17) is 4.74 Å². The predicted octanol–water partition coefficient (Wildman–Crippen LogP) is 3.70. The summed E-state index contributed by atoms with van der Waals surface area (Å²) in [5, 5.41) is 3.84. The second-order valence-corrected chi connectivity index (χ2v) is 8.93. The number of ether oxygens (including phenoxy) is 1. The first kappa shape index (κ1) is 21.9. The molecule has 2 aromatic carbocycles. The Morgan fingerprint density at radius 2 is 1.90 bits per heavy atom. The highest BCUT2D eigenvalue weighted by atomic mass is 32.2. The Bertz CT molecular complexity index is 1160. The fourth-order valence-electron chi connectivity index (χ4n) is 3.62. The topological polar surface area (TPSA) is 91.5 Å². The number of anilines is 1. The quantitative estimate of drug-likeness (QED) is 0.571. The van der Waals surface area contributed by atoms with Crippen LogP contribution in [-0.2, 0) is 21.2 Å². The number of hydrogen-bond donors (Lipinski definition) is 2. The second kappa shape index (κ2) is 8.89. The van der Waals surface area contributed by atoms with Crippen LogP contribution in [0, 0.1) is 6.92 Å². The average molecular weight is 430 g/mol. The van der Waals surface area contributed by atoms with Crippen LogP contribution in [0.2, 0.25) is 0 Å². The van der Waals surface area contributed by atoms with Crippen molar-refractivity contribution in [3.8, 4) is 5.75 Å². The van der Waals surface area contributed by atoms with Crippen molar-refractivity contribution in [1.82, 2.24) is 9.29 Å². The van der Waals surface area contributed by atoms with Crippen LogP contribution in [0.4, 0.5) is 5.69 Å². The van der Waals surface area contributed by atoms with E-state index in [1.807, 2.05) is 31.3 Å². The number of benzene rings is 2. The van der Waals surface area contributed by atoms with Crippen molar-refractivity contribution in [3.63, 3.8) is 0 Å². The van der Waals surface area contributed by atoms with E-state index < -0.39 is 10.0 Å². The largest absolute Gasteiger partial charge is 0.495 e. The maximum absolute atomic E-state index is 12.8. The number of H-pyrrole nitrogens is 1.